The second-order valence-electron chi connectivity index (χ2n) is 18.6. The van der Waals surface area contributed by atoms with Crippen LogP contribution in [0.25, 0.3) is 20.4 Å². The molecule has 0 radical (unpaired) electrons. The molecule has 2 saturated heterocycles. The monoisotopic (exact) mass is 1010 g/mol. The van der Waals surface area contributed by atoms with Crippen LogP contribution in [0.1, 0.15) is 121 Å². The maximum atomic E-state index is 13.3. The fraction of sp³-hybridized carbons (Fsp3) is 0.357. The fourth-order valence-electron chi connectivity index (χ4n) is 9.15. The molecule has 8 heterocycles. The van der Waals surface area contributed by atoms with E-state index >= 15 is 0 Å². The molecule has 12 nitrogen and oxygen atoms in total. The topological polar surface area (TPSA) is 156 Å². The molecule has 368 valence electrons. The van der Waals surface area contributed by atoms with Gasteiger partial charge in [0.1, 0.15) is 11.4 Å². The number of hydrogen-bond acceptors (Lipinski definition) is 14. The van der Waals surface area contributed by atoms with Gasteiger partial charge in [-0.3, -0.25) is 29.4 Å². The van der Waals surface area contributed by atoms with Crippen LogP contribution in [0.3, 0.4) is 0 Å². The Labute approximate surface area is 430 Å². The van der Waals surface area contributed by atoms with Crippen LogP contribution in [-0.2, 0) is 13.1 Å². The lowest BCUT2D eigenvalue weighted by atomic mass is 9.90. The largest absolute Gasteiger partial charge is 0.348 e. The van der Waals surface area contributed by atoms with Gasteiger partial charge < -0.3 is 11.1 Å². The van der Waals surface area contributed by atoms with Crippen LogP contribution in [0.5, 0.6) is 0 Å². The number of hydrogen-bond donors (Lipinski definition) is 2. The Balaban J connectivity index is 0.000000166. The quantitative estimate of drug-likeness (QED) is 0.0699. The number of ketones is 2. The Bertz CT molecular complexity index is 2890. The standard InChI is InChI=1S/C28H31N5OS.C21H22ClN3OS.C7H10N2/c1-20(23-8-5-14-29-18-23)30-28-31-24-13-17-35-27(24)26(32-28)25(34)10-9-21-11-15-33(16-12-21)19-22-6-3-2-4-7-22;22-21-23-17-10-13-27-20(17)19(24-21)18(26)7-6-15-8-11-25(12-9-15)14-16-4-2-1-3-5-16;1-6(8)7-3-2-4-9-5-7/h2-8,13-14,17-18,20-21H,9-12,15-16,19H2,1H3,(H,30,31,32);1-5,10,13,15H,6-9,11-12,14H2;2-6H,8H2,1H3/t20-;;6-/m0.0/s1. The zero-order chi connectivity index (χ0) is 49.4. The number of anilines is 1. The highest BCUT2D eigenvalue weighted by atomic mass is 35.5. The number of benzene rings is 2. The van der Waals surface area contributed by atoms with Gasteiger partial charge in [0.2, 0.25) is 11.2 Å². The molecule has 0 aliphatic carbocycles. The molecule has 8 aromatic rings. The van der Waals surface area contributed by atoms with Crippen molar-refractivity contribution >= 4 is 72.2 Å². The van der Waals surface area contributed by atoms with Crippen LogP contribution in [0.15, 0.2) is 133 Å². The number of carbonyl (C=O) groups excluding carboxylic acids is 2. The molecule has 3 N–H and O–H groups in total. The van der Waals surface area contributed by atoms with Crippen molar-refractivity contribution in [1.29, 1.82) is 0 Å². The molecule has 10 rings (SSSR count). The van der Waals surface area contributed by atoms with Crippen molar-refractivity contribution in [2.75, 3.05) is 31.5 Å². The van der Waals surface area contributed by atoms with Crippen molar-refractivity contribution < 1.29 is 9.59 Å². The van der Waals surface area contributed by atoms with Crippen molar-refractivity contribution in [3.8, 4) is 0 Å². The number of likely N-dealkylation sites (tertiary alicyclic amines) is 2. The van der Waals surface area contributed by atoms with Gasteiger partial charge in [0.25, 0.3) is 0 Å². The number of rotatable bonds is 16. The molecular formula is C56H63ClN10O2S2. The van der Waals surface area contributed by atoms with E-state index < -0.39 is 0 Å². The Morgan fingerprint density at radius 1 is 0.634 bits per heavy atom. The lowest BCUT2D eigenvalue weighted by Crippen LogP contribution is -2.33. The van der Waals surface area contributed by atoms with Gasteiger partial charge in [-0.15, -0.1) is 22.7 Å². The average molecular weight is 1010 g/mol. The second-order valence-corrected chi connectivity index (χ2v) is 20.7. The summed E-state index contributed by atoms with van der Waals surface area (Å²) < 4.78 is 1.73. The molecule has 0 unspecified atom stereocenters. The van der Waals surface area contributed by atoms with E-state index in [9.17, 15) is 9.59 Å². The number of fused-ring (bicyclic) bond motifs is 2. The Kier molecular flexibility index (Phi) is 18.9. The van der Waals surface area contributed by atoms with Crippen molar-refractivity contribution in [2.24, 2.45) is 17.6 Å². The molecule has 0 bridgehead atoms. The summed E-state index contributed by atoms with van der Waals surface area (Å²) in [5, 5.41) is 7.41. The smallest absolute Gasteiger partial charge is 0.224 e. The van der Waals surface area contributed by atoms with Gasteiger partial charge in [-0.2, -0.15) is 0 Å². The summed E-state index contributed by atoms with van der Waals surface area (Å²) in [6.07, 6.45) is 14.6. The highest BCUT2D eigenvalue weighted by molar-refractivity contribution is 7.17. The van der Waals surface area contributed by atoms with Crippen LogP contribution in [0.4, 0.5) is 5.95 Å². The Morgan fingerprint density at radius 3 is 1.58 bits per heavy atom. The van der Waals surface area contributed by atoms with Gasteiger partial charge in [0.05, 0.1) is 26.5 Å². The molecule has 2 aliphatic heterocycles. The van der Waals surface area contributed by atoms with Crippen LogP contribution < -0.4 is 11.1 Å². The minimum absolute atomic E-state index is 0.0104. The van der Waals surface area contributed by atoms with E-state index in [0.29, 0.717) is 42.0 Å². The highest BCUT2D eigenvalue weighted by Crippen LogP contribution is 2.30. The number of nitrogens with one attached hydrogen (secondary N) is 1. The molecule has 15 heteroatoms. The molecule has 2 atom stereocenters. The number of pyridine rings is 2. The summed E-state index contributed by atoms with van der Waals surface area (Å²) >= 11 is 9.02. The first-order valence-electron chi connectivity index (χ1n) is 24.7. The minimum Gasteiger partial charge on any atom is -0.348 e. The van der Waals surface area contributed by atoms with Crippen LogP contribution in [0, 0.1) is 11.8 Å². The first-order valence-corrected chi connectivity index (χ1v) is 26.9. The molecule has 0 saturated carbocycles. The molecule has 71 heavy (non-hydrogen) atoms. The summed E-state index contributed by atoms with van der Waals surface area (Å²) in [6, 6.07) is 33.0. The predicted octanol–water partition coefficient (Wildman–Crippen LogP) is 12.5. The third kappa shape index (κ3) is 15.1. The summed E-state index contributed by atoms with van der Waals surface area (Å²) in [6.45, 7) is 10.4. The number of thiophene rings is 2. The number of Topliss-reactive ketones (excluding diaryl/α,β-unsaturated/α-hetero) is 2. The van der Waals surface area contributed by atoms with Crippen molar-refractivity contribution in [1.82, 2.24) is 39.7 Å². The molecule has 2 fully saturated rings. The third-order valence-electron chi connectivity index (χ3n) is 13.3. The van der Waals surface area contributed by atoms with E-state index in [1.807, 2.05) is 67.2 Å². The zero-order valence-corrected chi connectivity index (χ0v) is 43.0. The van der Waals surface area contributed by atoms with Crippen LogP contribution in [0.2, 0.25) is 5.28 Å². The number of piperidine rings is 2. The van der Waals surface area contributed by atoms with Gasteiger partial charge in [0, 0.05) is 56.8 Å². The van der Waals surface area contributed by atoms with Gasteiger partial charge in [-0.25, -0.2) is 19.9 Å². The van der Waals surface area contributed by atoms with Gasteiger partial charge in [0.15, 0.2) is 11.6 Å². The number of carbonyl (C=O) groups is 2. The maximum absolute atomic E-state index is 13.3. The third-order valence-corrected chi connectivity index (χ3v) is 15.3. The van der Waals surface area contributed by atoms with Gasteiger partial charge in [-0.05, 0) is 159 Å². The van der Waals surface area contributed by atoms with Crippen molar-refractivity contribution in [3.05, 3.63) is 172 Å². The van der Waals surface area contributed by atoms with E-state index in [1.165, 1.54) is 33.8 Å². The second kappa shape index (κ2) is 26.0. The van der Waals surface area contributed by atoms with E-state index in [-0.39, 0.29) is 28.9 Å². The number of nitrogens with zero attached hydrogens (tertiary/aromatic N) is 8. The number of nitrogens with two attached hydrogens (primary N) is 1. The SMILES string of the molecule is C[C@H](N)c1cccnc1.C[C@H](Nc1nc(C(=O)CCC2CCN(Cc3ccccc3)CC2)c2sccc2n1)c1cccnc1.O=C(CCC1CCN(Cc2ccccc2)CC1)c1nc(Cl)nc2ccsc12. The first kappa shape index (κ1) is 51.5. The number of aromatic nitrogens is 6. The minimum atomic E-state index is -0.0104. The summed E-state index contributed by atoms with van der Waals surface area (Å²) in [4.78, 5) is 56.8. The average Bonchev–Trinajstić information content (AvgIpc) is 4.09. The van der Waals surface area contributed by atoms with E-state index in [4.69, 9.17) is 17.3 Å². The van der Waals surface area contributed by atoms with Gasteiger partial charge in [-0.1, -0.05) is 72.8 Å². The van der Waals surface area contributed by atoms with E-state index in [1.54, 1.807) is 18.6 Å². The van der Waals surface area contributed by atoms with E-state index in [2.05, 4.69) is 106 Å². The fourth-order valence-corrected chi connectivity index (χ4v) is 11.0. The highest BCUT2D eigenvalue weighted by Gasteiger charge is 2.24. The summed E-state index contributed by atoms with van der Waals surface area (Å²) in [7, 11) is 0. The van der Waals surface area contributed by atoms with Crippen LogP contribution in [-0.4, -0.2) is 77.4 Å². The van der Waals surface area contributed by atoms with Gasteiger partial charge >= 0.3 is 0 Å². The predicted molar refractivity (Wildman–Crippen MR) is 289 cm³/mol. The molecule has 6 aromatic heterocycles. The maximum Gasteiger partial charge on any atom is 0.224 e. The Morgan fingerprint density at radius 2 is 1.11 bits per heavy atom. The summed E-state index contributed by atoms with van der Waals surface area (Å²) in [5.74, 6) is 1.89. The normalized spacial score (nSPS) is 15.5. The molecule has 0 amide bonds. The molecule has 2 aliphatic rings. The molecular weight excluding hydrogens is 944 g/mol. The van der Waals surface area contributed by atoms with Crippen LogP contribution >= 0.6 is 34.3 Å². The number of halogens is 1. The first-order chi connectivity index (χ1) is 34.6. The van der Waals surface area contributed by atoms with Crippen molar-refractivity contribution in [3.63, 3.8) is 0 Å². The molecule has 0 spiro atoms. The zero-order valence-electron chi connectivity index (χ0n) is 40.6. The Hall–Kier alpha value is -5.87. The summed E-state index contributed by atoms with van der Waals surface area (Å²) in [5.41, 5.74) is 13.1. The molecule has 2 aromatic carbocycles. The lowest BCUT2D eigenvalue weighted by Gasteiger charge is -2.31. The van der Waals surface area contributed by atoms with E-state index in [0.717, 1.165) is 109 Å². The lowest BCUT2D eigenvalue weighted by molar-refractivity contribution is 0.0951. The van der Waals surface area contributed by atoms with Crippen molar-refractivity contribution in [2.45, 2.75) is 90.4 Å².